The number of fused-ring (bicyclic) bond motifs is 5. The Morgan fingerprint density at radius 3 is 2.23 bits per heavy atom. The summed E-state index contributed by atoms with van der Waals surface area (Å²) in [5.74, 6) is -3.34. The quantitative estimate of drug-likeness (QED) is 0.353. The van der Waals surface area contributed by atoms with Crippen molar-refractivity contribution < 1.29 is 23.1 Å². The molecule has 8 heteroatoms. The zero-order chi connectivity index (χ0) is 21.9. The number of halogens is 3. The number of ketones is 1. The molecule has 0 aliphatic heterocycles. The van der Waals surface area contributed by atoms with Crippen LogP contribution in [0.25, 0.3) is 36.8 Å². The first-order valence-electron chi connectivity index (χ1n) is 9.18. The maximum Gasteiger partial charge on any atom is 0.455 e. The number of rotatable bonds is 2. The molecule has 2 heterocycles. The molecular formula is C23H12F3NO3S. The molecule has 4 nitrogen and oxygen atoms in total. The van der Waals surface area contributed by atoms with E-state index in [1.54, 1.807) is 36.4 Å². The number of pyridine rings is 1. The average molecular weight is 439 g/mol. The predicted octanol–water partition coefficient (Wildman–Crippen LogP) is 5.81. The second-order valence-electron chi connectivity index (χ2n) is 6.96. The van der Waals surface area contributed by atoms with E-state index in [0.717, 1.165) is 20.0 Å². The highest BCUT2D eigenvalue weighted by Crippen LogP contribution is 2.41. The van der Waals surface area contributed by atoms with Gasteiger partial charge in [-0.25, -0.2) is 0 Å². The van der Waals surface area contributed by atoms with E-state index in [-0.39, 0.29) is 10.9 Å². The molecule has 5 aromatic rings. The number of benzene rings is 3. The summed E-state index contributed by atoms with van der Waals surface area (Å²) < 4.78 is 42.3. The van der Waals surface area contributed by atoms with E-state index in [4.69, 9.17) is 0 Å². The van der Waals surface area contributed by atoms with Gasteiger partial charge in [-0.05, 0) is 24.3 Å². The monoisotopic (exact) mass is 439 g/mol. The maximum atomic E-state index is 13.2. The van der Waals surface area contributed by atoms with Crippen molar-refractivity contribution in [1.82, 2.24) is 4.57 Å². The van der Waals surface area contributed by atoms with Gasteiger partial charge in [0.1, 0.15) is 11.3 Å². The molecule has 0 bridgehead atoms. The first-order chi connectivity index (χ1) is 14.8. The van der Waals surface area contributed by atoms with E-state index in [1.807, 2.05) is 24.3 Å². The summed E-state index contributed by atoms with van der Waals surface area (Å²) in [4.78, 5) is 25.3. The summed E-state index contributed by atoms with van der Waals surface area (Å²) in [5, 5.41) is 12.4. The first-order valence-corrected chi connectivity index (χ1v) is 9.99. The van der Waals surface area contributed by atoms with E-state index >= 15 is 0 Å². The van der Waals surface area contributed by atoms with Crippen molar-refractivity contribution in [3.63, 3.8) is 0 Å². The van der Waals surface area contributed by atoms with Crippen molar-refractivity contribution in [2.75, 3.05) is 0 Å². The molecule has 0 aliphatic rings. The van der Waals surface area contributed by atoms with Gasteiger partial charge in [0.25, 0.3) is 11.3 Å². The van der Waals surface area contributed by atoms with Crippen LogP contribution in [0, 0.1) is 0 Å². The van der Waals surface area contributed by atoms with Crippen LogP contribution in [-0.2, 0) is 0 Å². The van der Waals surface area contributed by atoms with Crippen molar-refractivity contribution in [3.05, 3.63) is 82.6 Å². The molecule has 31 heavy (non-hydrogen) atoms. The molecule has 0 fully saturated rings. The van der Waals surface area contributed by atoms with Crippen molar-refractivity contribution in [2.24, 2.45) is 0 Å². The summed E-state index contributed by atoms with van der Waals surface area (Å²) in [5.41, 5.74) is -1.96. The number of hydrogen-bond acceptors (Lipinski definition) is 4. The largest absolute Gasteiger partial charge is 0.506 e. The van der Waals surface area contributed by atoms with Gasteiger partial charge < -0.3 is 5.11 Å². The Morgan fingerprint density at radius 1 is 0.871 bits per heavy atom. The number of para-hydroxylation sites is 1. The molecule has 5 rings (SSSR count). The third kappa shape index (κ3) is 2.83. The Morgan fingerprint density at radius 2 is 1.52 bits per heavy atom. The van der Waals surface area contributed by atoms with Gasteiger partial charge >= 0.3 is 6.18 Å². The van der Waals surface area contributed by atoms with E-state index in [1.165, 1.54) is 17.4 Å². The summed E-state index contributed by atoms with van der Waals surface area (Å²) in [6.07, 6.45) is -5.31. The number of hydrogen-bond donors (Lipinski definition) is 1. The Bertz CT molecular complexity index is 1570. The van der Waals surface area contributed by atoms with Gasteiger partial charge in [0, 0.05) is 26.5 Å². The Hall–Kier alpha value is -3.65. The molecule has 0 atom stereocenters. The number of thiophene rings is 1. The fourth-order valence-corrected chi connectivity index (χ4v) is 5.05. The minimum atomic E-state index is -5.31. The highest BCUT2D eigenvalue weighted by molar-refractivity contribution is 7.26. The molecule has 0 amide bonds. The molecule has 0 radical (unpaired) electrons. The summed E-state index contributed by atoms with van der Waals surface area (Å²) in [7, 11) is 0. The summed E-state index contributed by atoms with van der Waals surface area (Å²) in [6.45, 7) is 0. The number of Topliss-reactive ketones (excluding diaryl/α,β-unsaturated/α-hetero) is 1. The van der Waals surface area contributed by atoms with Crippen LogP contribution in [0.5, 0.6) is 5.75 Å². The van der Waals surface area contributed by atoms with Crippen LogP contribution in [0.1, 0.15) is 10.4 Å². The lowest BCUT2D eigenvalue weighted by Gasteiger charge is -2.16. The third-order valence-corrected chi connectivity index (χ3v) is 6.35. The number of aromatic hydroxyl groups is 1. The lowest BCUT2D eigenvalue weighted by molar-refractivity contribution is -0.0887. The van der Waals surface area contributed by atoms with Crippen LogP contribution >= 0.6 is 11.3 Å². The fraction of sp³-hybridized carbons (Fsp3) is 0.0435. The molecule has 0 spiro atoms. The molecule has 3 aromatic carbocycles. The number of carbonyl (C=O) groups excluding carboxylic acids is 1. The van der Waals surface area contributed by atoms with E-state index < -0.39 is 28.8 Å². The van der Waals surface area contributed by atoms with Crippen LogP contribution < -0.4 is 5.56 Å². The van der Waals surface area contributed by atoms with Gasteiger partial charge in [0.2, 0.25) is 0 Å². The minimum absolute atomic E-state index is 0.00453. The third-order valence-electron chi connectivity index (χ3n) is 5.15. The average Bonchev–Trinajstić information content (AvgIpc) is 3.13. The standard InChI is InChI=1S/C23H12F3NO3S/c24-23(25,26)21(29)17-19(28)15-11-10-14-13-8-4-5-9-16(13)31-20(14)18(15)27(22(17)30)12-6-2-1-3-7-12/h1-11,28H. The summed E-state index contributed by atoms with van der Waals surface area (Å²) >= 11 is 1.36. The van der Waals surface area contributed by atoms with Gasteiger partial charge in [-0.15, -0.1) is 11.3 Å². The fourth-order valence-electron chi connectivity index (χ4n) is 3.81. The second-order valence-corrected chi connectivity index (χ2v) is 8.02. The van der Waals surface area contributed by atoms with Gasteiger partial charge in [-0.2, -0.15) is 13.2 Å². The zero-order valence-corrected chi connectivity index (χ0v) is 16.4. The van der Waals surface area contributed by atoms with E-state index in [0.29, 0.717) is 10.4 Å². The van der Waals surface area contributed by atoms with E-state index in [2.05, 4.69) is 0 Å². The number of alkyl halides is 3. The topological polar surface area (TPSA) is 59.3 Å². The lowest BCUT2D eigenvalue weighted by atomic mass is 10.0. The van der Waals surface area contributed by atoms with Gasteiger partial charge in [-0.1, -0.05) is 42.5 Å². The van der Waals surface area contributed by atoms with Gasteiger partial charge in [0.15, 0.2) is 0 Å². The number of aromatic nitrogens is 1. The van der Waals surface area contributed by atoms with Crippen LogP contribution in [0.3, 0.4) is 0 Å². The molecule has 0 aliphatic carbocycles. The van der Waals surface area contributed by atoms with Crippen LogP contribution in [0.2, 0.25) is 0 Å². The molecule has 0 unspecified atom stereocenters. The predicted molar refractivity (Wildman–Crippen MR) is 114 cm³/mol. The highest BCUT2D eigenvalue weighted by Gasteiger charge is 2.43. The van der Waals surface area contributed by atoms with Crippen LogP contribution in [0.4, 0.5) is 13.2 Å². The SMILES string of the molecule is O=C(c1c(O)c2ccc3c4ccccc4sc3c2n(-c2ccccc2)c1=O)C(F)(F)F. The van der Waals surface area contributed by atoms with Crippen LogP contribution in [-0.4, -0.2) is 21.6 Å². The maximum absolute atomic E-state index is 13.2. The molecule has 0 saturated heterocycles. The van der Waals surface area contributed by atoms with Gasteiger partial charge in [-0.3, -0.25) is 14.2 Å². The van der Waals surface area contributed by atoms with Crippen molar-refractivity contribution in [2.45, 2.75) is 6.18 Å². The van der Waals surface area contributed by atoms with E-state index in [9.17, 15) is 27.9 Å². The Kier molecular flexibility index (Phi) is 4.16. The smallest absolute Gasteiger partial charge is 0.455 e. The number of carbonyl (C=O) groups is 1. The minimum Gasteiger partial charge on any atom is -0.506 e. The first kappa shape index (κ1) is 19.3. The molecular weight excluding hydrogens is 427 g/mol. The normalized spacial score (nSPS) is 12.1. The lowest BCUT2D eigenvalue weighted by Crippen LogP contribution is -2.33. The van der Waals surface area contributed by atoms with Crippen molar-refractivity contribution in [1.29, 1.82) is 0 Å². The van der Waals surface area contributed by atoms with Gasteiger partial charge in [0.05, 0.1) is 10.2 Å². The molecule has 2 aromatic heterocycles. The molecule has 1 N–H and O–H groups in total. The van der Waals surface area contributed by atoms with Crippen molar-refractivity contribution in [3.8, 4) is 11.4 Å². The summed E-state index contributed by atoms with van der Waals surface area (Å²) in [6, 6.07) is 18.8. The van der Waals surface area contributed by atoms with Crippen molar-refractivity contribution >= 4 is 48.2 Å². The van der Waals surface area contributed by atoms with Crippen LogP contribution in [0.15, 0.2) is 71.5 Å². The Labute approximate surface area is 176 Å². The highest BCUT2D eigenvalue weighted by atomic mass is 32.1. The number of nitrogens with zero attached hydrogens (tertiary/aromatic N) is 1. The second kappa shape index (κ2) is 6.68. The molecule has 0 saturated carbocycles. The molecule has 154 valence electrons. The zero-order valence-electron chi connectivity index (χ0n) is 15.6. The Balaban J connectivity index is 2.04.